The van der Waals surface area contributed by atoms with Crippen LogP contribution in [-0.2, 0) is 29.9 Å². The Balaban J connectivity index is 1.53. The number of hydrogen-bond donors (Lipinski definition) is 0. The van der Waals surface area contributed by atoms with E-state index in [0.29, 0.717) is 22.9 Å². The predicted octanol–water partition coefficient (Wildman–Crippen LogP) is 6.24. The van der Waals surface area contributed by atoms with Gasteiger partial charge in [0.15, 0.2) is 0 Å². The highest BCUT2D eigenvalue weighted by molar-refractivity contribution is 7.92. The number of unbranched alkanes of at least 4 members (excludes halogenated alkanes) is 1. The maximum Gasteiger partial charge on any atom is 0.328 e. The number of alkyl halides is 2. The SMILES string of the molecule is CC(C)Cc1ccc2nn(C)cc2c1N(C(F)F)S(=O)(=O)c1ccc(CCCCC2CCN(C)CC2)cc1. The molecule has 9 heteroatoms. The van der Waals surface area contributed by atoms with Crippen molar-refractivity contribution in [2.24, 2.45) is 18.9 Å². The van der Waals surface area contributed by atoms with Crippen LogP contribution in [-0.4, -0.2) is 49.8 Å². The maximum atomic E-state index is 14.6. The van der Waals surface area contributed by atoms with Gasteiger partial charge in [0.1, 0.15) is 0 Å². The molecule has 1 saturated heterocycles. The minimum atomic E-state index is -4.51. The van der Waals surface area contributed by atoms with Crippen molar-refractivity contribution in [3.8, 4) is 0 Å². The third-order valence-corrected chi connectivity index (χ3v) is 9.26. The van der Waals surface area contributed by atoms with Crippen molar-refractivity contribution in [3.05, 3.63) is 53.7 Å². The van der Waals surface area contributed by atoms with Gasteiger partial charge in [0.2, 0.25) is 0 Å². The lowest BCUT2D eigenvalue weighted by Gasteiger charge is -2.28. The van der Waals surface area contributed by atoms with Crippen LogP contribution >= 0.6 is 0 Å². The third-order valence-electron chi connectivity index (χ3n) is 7.53. The summed E-state index contributed by atoms with van der Waals surface area (Å²) in [4.78, 5) is 2.24. The van der Waals surface area contributed by atoms with Gasteiger partial charge < -0.3 is 4.90 Å². The molecule has 6 nitrogen and oxygen atoms in total. The number of nitrogens with zero attached hydrogens (tertiary/aromatic N) is 4. The average Bonchev–Trinajstić information content (AvgIpc) is 3.24. The number of likely N-dealkylation sites (tertiary alicyclic amines) is 1. The van der Waals surface area contributed by atoms with E-state index in [4.69, 9.17) is 0 Å². The summed E-state index contributed by atoms with van der Waals surface area (Å²) in [5, 5.41) is 4.72. The number of aromatic nitrogens is 2. The van der Waals surface area contributed by atoms with Gasteiger partial charge in [-0.3, -0.25) is 4.68 Å². The molecule has 1 aromatic heterocycles. The van der Waals surface area contributed by atoms with Crippen LogP contribution in [0.3, 0.4) is 0 Å². The Kier molecular flexibility index (Phi) is 9.08. The highest BCUT2D eigenvalue weighted by Crippen LogP contribution is 2.37. The fraction of sp³-hybridized carbons (Fsp3) is 0.552. The molecule has 3 aromatic rings. The summed E-state index contributed by atoms with van der Waals surface area (Å²) < 4.78 is 58.3. The molecule has 2 heterocycles. The van der Waals surface area contributed by atoms with E-state index < -0.39 is 16.6 Å². The van der Waals surface area contributed by atoms with Gasteiger partial charge in [-0.1, -0.05) is 44.9 Å². The first-order chi connectivity index (χ1) is 18.1. The molecule has 0 N–H and O–H groups in total. The minimum absolute atomic E-state index is 0.0114. The first-order valence-electron chi connectivity index (χ1n) is 13.6. The zero-order chi connectivity index (χ0) is 27.4. The number of halogens is 2. The van der Waals surface area contributed by atoms with Gasteiger partial charge in [-0.25, -0.2) is 12.7 Å². The molecule has 38 heavy (non-hydrogen) atoms. The van der Waals surface area contributed by atoms with Crippen molar-refractivity contribution in [2.75, 3.05) is 24.4 Å². The molecule has 0 aliphatic carbocycles. The number of piperidine rings is 1. The van der Waals surface area contributed by atoms with Crippen LogP contribution in [0.2, 0.25) is 0 Å². The van der Waals surface area contributed by atoms with Gasteiger partial charge >= 0.3 is 6.55 Å². The van der Waals surface area contributed by atoms with Crippen LogP contribution in [0.4, 0.5) is 14.5 Å². The number of rotatable bonds is 11. The predicted molar refractivity (Wildman–Crippen MR) is 149 cm³/mol. The number of benzene rings is 2. The summed E-state index contributed by atoms with van der Waals surface area (Å²) in [5.41, 5.74) is 2.07. The smallest absolute Gasteiger partial charge is 0.306 e. The van der Waals surface area contributed by atoms with Crippen molar-refractivity contribution in [1.29, 1.82) is 0 Å². The normalized spacial score (nSPS) is 15.7. The summed E-state index contributed by atoms with van der Waals surface area (Å²) >= 11 is 0. The number of fused-ring (bicyclic) bond motifs is 1. The lowest BCUT2D eigenvalue weighted by Crippen LogP contribution is -2.36. The number of aryl methyl sites for hydroxylation is 2. The molecule has 0 saturated carbocycles. The maximum absolute atomic E-state index is 14.6. The molecule has 0 atom stereocenters. The van der Waals surface area contributed by atoms with E-state index in [1.54, 1.807) is 37.5 Å². The lowest BCUT2D eigenvalue weighted by molar-refractivity contribution is 0.162. The molecule has 1 aliphatic rings. The summed E-state index contributed by atoms with van der Waals surface area (Å²) in [6, 6.07) is 9.90. The lowest BCUT2D eigenvalue weighted by atomic mass is 9.91. The molecule has 0 radical (unpaired) electrons. The zero-order valence-electron chi connectivity index (χ0n) is 22.9. The van der Waals surface area contributed by atoms with Crippen LogP contribution < -0.4 is 4.31 Å². The average molecular weight is 547 g/mol. The van der Waals surface area contributed by atoms with Gasteiger partial charge in [0.05, 0.1) is 16.1 Å². The van der Waals surface area contributed by atoms with Crippen LogP contribution in [0.25, 0.3) is 10.9 Å². The summed E-state index contributed by atoms with van der Waals surface area (Å²) in [6.07, 6.45) is 8.83. The highest BCUT2D eigenvalue weighted by Gasteiger charge is 2.35. The number of hydrogen-bond acceptors (Lipinski definition) is 4. The Hall–Kier alpha value is -2.52. The second-order valence-electron chi connectivity index (χ2n) is 11.1. The van der Waals surface area contributed by atoms with Crippen LogP contribution in [0.1, 0.15) is 57.1 Å². The molecule has 208 valence electrons. The van der Waals surface area contributed by atoms with Crippen LogP contribution in [0.5, 0.6) is 0 Å². The molecular weight excluding hydrogens is 506 g/mol. The highest BCUT2D eigenvalue weighted by atomic mass is 32.2. The first-order valence-corrected chi connectivity index (χ1v) is 15.1. The second-order valence-corrected chi connectivity index (χ2v) is 12.9. The monoisotopic (exact) mass is 546 g/mol. The van der Waals surface area contributed by atoms with Gasteiger partial charge in [0.25, 0.3) is 10.0 Å². The summed E-state index contributed by atoms with van der Waals surface area (Å²) in [5.74, 6) is 0.952. The van der Waals surface area contributed by atoms with Crippen molar-refractivity contribution in [1.82, 2.24) is 14.7 Å². The van der Waals surface area contributed by atoms with Gasteiger partial charge in [-0.15, -0.1) is 0 Å². The second kappa shape index (κ2) is 12.1. The third kappa shape index (κ3) is 6.54. The Labute approximate surface area is 225 Å². The Bertz CT molecular complexity index is 1310. The Morgan fingerprint density at radius 2 is 1.71 bits per heavy atom. The molecule has 4 rings (SSSR count). The molecule has 0 unspecified atom stereocenters. The molecule has 1 aliphatic heterocycles. The van der Waals surface area contributed by atoms with E-state index in [1.807, 2.05) is 13.8 Å². The van der Waals surface area contributed by atoms with Crippen molar-refractivity contribution in [3.63, 3.8) is 0 Å². The van der Waals surface area contributed by atoms with E-state index >= 15 is 0 Å². The Morgan fingerprint density at radius 1 is 1.03 bits per heavy atom. The van der Waals surface area contributed by atoms with Crippen molar-refractivity contribution in [2.45, 2.75) is 70.2 Å². The molecular formula is C29H40F2N4O2S. The van der Waals surface area contributed by atoms with E-state index in [-0.39, 0.29) is 20.8 Å². The number of sulfonamides is 1. The molecule has 0 amide bonds. The standard InChI is InChI=1S/C29H40F2N4O2S/c1-21(2)19-24-11-14-27-26(20-34(4)32-27)28(24)35(29(30)31)38(36,37)25-12-9-22(10-13-25)7-5-6-8-23-15-17-33(3)18-16-23/h9-14,20-21,23,29H,5-8,15-19H2,1-4H3. The van der Waals surface area contributed by atoms with Crippen molar-refractivity contribution < 1.29 is 17.2 Å². The van der Waals surface area contributed by atoms with Gasteiger partial charge in [-0.2, -0.15) is 13.9 Å². The molecule has 0 spiro atoms. The fourth-order valence-electron chi connectivity index (χ4n) is 5.48. The zero-order valence-corrected chi connectivity index (χ0v) is 23.7. The Morgan fingerprint density at radius 3 is 2.34 bits per heavy atom. The van der Waals surface area contributed by atoms with Gasteiger partial charge in [-0.05, 0) is 93.4 Å². The fourth-order valence-corrected chi connectivity index (χ4v) is 6.86. The van der Waals surface area contributed by atoms with Gasteiger partial charge in [0, 0.05) is 18.6 Å². The largest absolute Gasteiger partial charge is 0.328 e. The van der Waals surface area contributed by atoms with Crippen molar-refractivity contribution >= 4 is 26.6 Å². The topological polar surface area (TPSA) is 58.4 Å². The van der Waals surface area contributed by atoms with E-state index in [1.165, 1.54) is 49.2 Å². The van der Waals surface area contributed by atoms with E-state index in [9.17, 15) is 17.2 Å². The van der Waals surface area contributed by atoms with E-state index in [0.717, 1.165) is 30.7 Å². The molecule has 0 bridgehead atoms. The molecule has 1 fully saturated rings. The molecule has 2 aromatic carbocycles. The quantitative estimate of drug-likeness (QED) is 0.211. The van der Waals surface area contributed by atoms with E-state index in [2.05, 4.69) is 17.0 Å². The summed E-state index contributed by atoms with van der Waals surface area (Å²) in [7, 11) is -0.647. The summed E-state index contributed by atoms with van der Waals surface area (Å²) in [6.45, 7) is 3.06. The van der Waals surface area contributed by atoms with Crippen LogP contribution in [0, 0.1) is 11.8 Å². The minimum Gasteiger partial charge on any atom is -0.306 e. The number of anilines is 1. The van der Waals surface area contributed by atoms with Crippen LogP contribution in [0.15, 0.2) is 47.5 Å². The first kappa shape index (κ1) is 28.5.